The van der Waals surface area contributed by atoms with Crippen LogP contribution in [-0.4, -0.2) is 118 Å². The SMILES string of the molecule is CCC(=O)NCCCCC(NC(=O)COCCOCCCC(=O)COCCOCCNC(=O)CCCCCCCCCCCCCCCCCCC(=O)O)C(=O)O. The fourth-order valence-electron chi connectivity index (χ4n) is 5.94. The third-order valence-corrected chi connectivity index (χ3v) is 9.29. The van der Waals surface area contributed by atoms with Crippen LogP contribution in [0.25, 0.3) is 0 Å². The molecule has 0 rings (SSSR count). The monoisotopic (exact) mass is 816 g/mol. The Morgan fingerprint density at radius 2 is 0.947 bits per heavy atom. The van der Waals surface area contributed by atoms with Crippen LogP contribution in [0.1, 0.15) is 161 Å². The number of hydrogen-bond donors (Lipinski definition) is 5. The molecule has 1 unspecified atom stereocenters. The molecule has 0 bridgehead atoms. The summed E-state index contributed by atoms with van der Waals surface area (Å²) in [7, 11) is 0. The van der Waals surface area contributed by atoms with E-state index in [-0.39, 0.29) is 57.1 Å². The molecule has 5 N–H and O–H groups in total. The van der Waals surface area contributed by atoms with E-state index < -0.39 is 23.9 Å². The number of hydrogen-bond acceptors (Lipinski definition) is 10. The van der Waals surface area contributed by atoms with E-state index >= 15 is 0 Å². The Morgan fingerprint density at radius 3 is 1.49 bits per heavy atom. The van der Waals surface area contributed by atoms with Gasteiger partial charge in [0.05, 0.1) is 33.0 Å². The van der Waals surface area contributed by atoms with Gasteiger partial charge in [0, 0.05) is 45.4 Å². The van der Waals surface area contributed by atoms with Crippen molar-refractivity contribution in [2.75, 3.05) is 65.9 Å². The number of unbranched alkanes of at least 4 members (excludes halogenated alkanes) is 16. The van der Waals surface area contributed by atoms with Gasteiger partial charge in [0.2, 0.25) is 17.7 Å². The van der Waals surface area contributed by atoms with Crippen molar-refractivity contribution in [3.05, 3.63) is 0 Å². The molecule has 0 heterocycles. The fourth-order valence-corrected chi connectivity index (χ4v) is 5.94. The van der Waals surface area contributed by atoms with Crippen molar-refractivity contribution in [3.8, 4) is 0 Å². The maximum atomic E-state index is 12.0. The number of carbonyl (C=O) groups excluding carboxylic acids is 4. The van der Waals surface area contributed by atoms with E-state index in [9.17, 15) is 33.9 Å². The van der Waals surface area contributed by atoms with Crippen molar-refractivity contribution in [1.82, 2.24) is 16.0 Å². The smallest absolute Gasteiger partial charge is 0.326 e. The number of carbonyl (C=O) groups is 6. The largest absolute Gasteiger partial charge is 0.481 e. The highest BCUT2D eigenvalue weighted by Crippen LogP contribution is 2.14. The van der Waals surface area contributed by atoms with Crippen LogP contribution >= 0.6 is 0 Å². The third kappa shape index (κ3) is 40.8. The lowest BCUT2D eigenvalue weighted by atomic mass is 10.0. The average molecular weight is 816 g/mol. The lowest BCUT2D eigenvalue weighted by Gasteiger charge is -2.14. The van der Waals surface area contributed by atoms with Gasteiger partial charge in [-0.1, -0.05) is 96.8 Å². The van der Waals surface area contributed by atoms with Gasteiger partial charge in [0.15, 0.2) is 5.78 Å². The van der Waals surface area contributed by atoms with Crippen LogP contribution in [0, 0.1) is 0 Å². The first kappa shape index (κ1) is 53.9. The molecule has 57 heavy (non-hydrogen) atoms. The summed E-state index contributed by atoms with van der Waals surface area (Å²) in [4.78, 5) is 69.2. The standard InChI is InChI=1S/C42H77N3O12/c1-2-38(47)43-26-20-19-23-37(42(52)53)45-40(49)35-57-33-30-54-28-21-22-36(46)34-56-32-31-55-29-27-44-39(48)24-17-15-13-11-9-7-5-3-4-6-8-10-12-14-16-18-25-41(50)51/h37H,2-35H2,1H3,(H,43,47)(H,44,48)(H,45,49)(H,50,51)(H,52,53). The van der Waals surface area contributed by atoms with Crippen LogP contribution in [0.4, 0.5) is 0 Å². The summed E-state index contributed by atoms with van der Waals surface area (Å²) in [5.41, 5.74) is 0. The highest BCUT2D eigenvalue weighted by atomic mass is 16.5. The summed E-state index contributed by atoms with van der Waals surface area (Å²) >= 11 is 0. The van der Waals surface area contributed by atoms with Crippen LogP contribution in [-0.2, 0) is 47.7 Å². The second kappa shape index (κ2) is 41.0. The number of rotatable bonds is 44. The van der Waals surface area contributed by atoms with Gasteiger partial charge in [0.25, 0.3) is 0 Å². The van der Waals surface area contributed by atoms with Crippen LogP contribution in [0.15, 0.2) is 0 Å². The summed E-state index contributed by atoms with van der Waals surface area (Å²) in [5.74, 6) is -2.41. The summed E-state index contributed by atoms with van der Waals surface area (Å²) < 4.78 is 21.5. The van der Waals surface area contributed by atoms with E-state index in [0.29, 0.717) is 77.9 Å². The van der Waals surface area contributed by atoms with Crippen LogP contribution in [0.3, 0.4) is 0 Å². The average Bonchev–Trinajstić information content (AvgIpc) is 3.18. The van der Waals surface area contributed by atoms with E-state index in [4.69, 9.17) is 24.1 Å². The Labute approximate surface area is 341 Å². The molecule has 332 valence electrons. The zero-order valence-corrected chi connectivity index (χ0v) is 35.1. The Hall–Kier alpha value is -3.14. The maximum absolute atomic E-state index is 12.0. The Bertz CT molecular complexity index is 1050. The number of Topliss-reactive ketones (excluding diaryl/α,β-unsaturated/α-hetero) is 1. The van der Waals surface area contributed by atoms with Gasteiger partial charge in [0.1, 0.15) is 19.3 Å². The molecule has 0 fully saturated rings. The Morgan fingerprint density at radius 1 is 0.456 bits per heavy atom. The first-order chi connectivity index (χ1) is 27.6. The molecule has 0 aromatic rings. The molecule has 0 aliphatic rings. The molecule has 0 spiro atoms. The molecule has 1 atom stereocenters. The lowest BCUT2D eigenvalue weighted by molar-refractivity contribution is -0.143. The molecule has 0 saturated carbocycles. The molecule has 0 saturated heterocycles. The summed E-state index contributed by atoms with van der Waals surface area (Å²) in [6.45, 7) is 4.09. The minimum atomic E-state index is -1.13. The molecule has 3 amide bonds. The number of carboxylic acids is 2. The van der Waals surface area contributed by atoms with E-state index in [0.717, 1.165) is 32.1 Å². The second-order valence-corrected chi connectivity index (χ2v) is 14.5. The van der Waals surface area contributed by atoms with Gasteiger partial charge in [-0.3, -0.25) is 24.0 Å². The van der Waals surface area contributed by atoms with Gasteiger partial charge < -0.3 is 45.1 Å². The number of ketones is 1. The van der Waals surface area contributed by atoms with E-state index in [1.807, 2.05) is 0 Å². The highest BCUT2D eigenvalue weighted by Gasteiger charge is 2.19. The first-order valence-electron chi connectivity index (χ1n) is 21.8. The van der Waals surface area contributed by atoms with Crippen LogP contribution in [0.2, 0.25) is 0 Å². The van der Waals surface area contributed by atoms with Gasteiger partial charge >= 0.3 is 11.9 Å². The molecular weight excluding hydrogens is 738 g/mol. The van der Waals surface area contributed by atoms with Crippen LogP contribution in [0.5, 0.6) is 0 Å². The van der Waals surface area contributed by atoms with Gasteiger partial charge in [-0.05, 0) is 38.5 Å². The second-order valence-electron chi connectivity index (χ2n) is 14.5. The Kier molecular flexibility index (Phi) is 38.8. The number of nitrogens with one attached hydrogen (secondary N) is 3. The maximum Gasteiger partial charge on any atom is 0.326 e. The Balaban J connectivity index is 3.45. The molecule has 0 aromatic heterocycles. The highest BCUT2D eigenvalue weighted by molar-refractivity contribution is 5.84. The van der Waals surface area contributed by atoms with Crippen molar-refractivity contribution in [3.63, 3.8) is 0 Å². The molecule has 0 aromatic carbocycles. The molecule has 0 radical (unpaired) electrons. The van der Waals surface area contributed by atoms with Crippen molar-refractivity contribution in [2.45, 2.75) is 167 Å². The number of amides is 3. The van der Waals surface area contributed by atoms with Gasteiger partial charge in [-0.2, -0.15) is 0 Å². The number of ether oxygens (including phenoxy) is 4. The van der Waals surface area contributed by atoms with E-state index in [1.54, 1.807) is 6.92 Å². The van der Waals surface area contributed by atoms with Crippen molar-refractivity contribution < 1.29 is 57.9 Å². The van der Waals surface area contributed by atoms with E-state index in [1.165, 1.54) is 70.6 Å². The predicted octanol–water partition coefficient (Wildman–Crippen LogP) is 5.89. The first-order valence-corrected chi connectivity index (χ1v) is 21.8. The molecule has 0 aliphatic carbocycles. The molecule has 15 nitrogen and oxygen atoms in total. The molecular formula is C42H77N3O12. The number of aliphatic carboxylic acids is 2. The normalized spacial score (nSPS) is 11.6. The molecule has 0 aliphatic heterocycles. The fraction of sp³-hybridized carbons (Fsp3) is 0.857. The quantitative estimate of drug-likeness (QED) is 0.0455. The van der Waals surface area contributed by atoms with Gasteiger partial charge in [-0.15, -0.1) is 0 Å². The van der Waals surface area contributed by atoms with Gasteiger partial charge in [-0.25, -0.2) is 4.79 Å². The zero-order chi connectivity index (χ0) is 42.0. The van der Waals surface area contributed by atoms with Crippen molar-refractivity contribution in [2.24, 2.45) is 0 Å². The lowest BCUT2D eigenvalue weighted by Crippen LogP contribution is -2.42. The molecule has 15 heteroatoms. The third-order valence-electron chi connectivity index (χ3n) is 9.29. The van der Waals surface area contributed by atoms with Crippen molar-refractivity contribution in [1.29, 1.82) is 0 Å². The minimum Gasteiger partial charge on any atom is -0.481 e. The minimum absolute atomic E-state index is 0.00707. The zero-order valence-electron chi connectivity index (χ0n) is 35.1. The van der Waals surface area contributed by atoms with Crippen LogP contribution < -0.4 is 16.0 Å². The topological polar surface area (TPSA) is 216 Å². The van der Waals surface area contributed by atoms with Crippen molar-refractivity contribution >= 4 is 35.4 Å². The number of carboxylic acid groups (broad SMARTS) is 2. The summed E-state index contributed by atoms with van der Waals surface area (Å²) in [6.07, 6.45) is 22.4. The van der Waals surface area contributed by atoms with E-state index in [2.05, 4.69) is 16.0 Å². The summed E-state index contributed by atoms with van der Waals surface area (Å²) in [5, 5.41) is 26.0. The predicted molar refractivity (Wildman–Crippen MR) is 218 cm³/mol. The summed E-state index contributed by atoms with van der Waals surface area (Å²) in [6, 6.07) is -1.02.